The lowest BCUT2D eigenvalue weighted by molar-refractivity contribution is 0.685. The fourth-order valence-electron chi connectivity index (χ4n) is 1.77. The van der Waals surface area contributed by atoms with Crippen LogP contribution in [0.4, 0.5) is 0 Å². The SMILES string of the molecule is S=C1Sc2cc(Cl)ccc2C2=NCCN12. The molecule has 2 aliphatic rings. The quantitative estimate of drug-likeness (QED) is 0.662. The molecule has 0 aromatic heterocycles. The molecule has 0 radical (unpaired) electrons. The normalized spacial score (nSPS) is 18.6. The average Bonchev–Trinajstić information content (AvgIpc) is 2.66. The van der Waals surface area contributed by atoms with Gasteiger partial charge in [-0.25, -0.2) is 0 Å². The lowest BCUT2D eigenvalue weighted by atomic mass is 10.2. The predicted octanol–water partition coefficient (Wildman–Crippen LogP) is 2.79. The van der Waals surface area contributed by atoms with Crippen molar-refractivity contribution in [2.75, 3.05) is 13.1 Å². The maximum Gasteiger partial charge on any atom is 0.146 e. The molecule has 2 aliphatic heterocycles. The Morgan fingerprint density at radius 2 is 2.33 bits per heavy atom. The van der Waals surface area contributed by atoms with Crippen LogP contribution < -0.4 is 0 Å². The second-order valence-electron chi connectivity index (χ2n) is 3.37. The Morgan fingerprint density at radius 3 is 3.20 bits per heavy atom. The van der Waals surface area contributed by atoms with Crippen LogP contribution in [0.15, 0.2) is 28.1 Å². The summed E-state index contributed by atoms with van der Waals surface area (Å²) in [5.41, 5.74) is 1.15. The monoisotopic (exact) mass is 254 g/mol. The highest BCUT2D eigenvalue weighted by Gasteiger charge is 2.29. The van der Waals surface area contributed by atoms with E-state index in [-0.39, 0.29) is 0 Å². The lowest BCUT2D eigenvalue weighted by Crippen LogP contribution is -2.35. The summed E-state index contributed by atoms with van der Waals surface area (Å²) in [7, 11) is 0. The second kappa shape index (κ2) is 3.47. The molecule has 0 saturated carbocycles. The van der Waals surface area contributed by atoms with Crippen molar-refractivity contribution < 1.29 is 0 Å². The summed E-state index contributed by atoms with van der Waals surface area (Å²) in [5.74, 6) is 1.01. The van der Waals surface area contributed by atoms with E-state index in [1.54, 1.807) is 11.8 Å². The molecule has 0 saturated heterocycles. The van der Waals surface area contributed by atoms with Gasteiger partial charge in [-0.1, -0.05) is 35.6 Å². The van der Waals surface area contributed by atoms with Crippen LogP contribution in [0.1, 0.15) is 5.56 Å². The summed E-state index contributed by atoms with van der Waals surface area (Å²) in [6, 6.07) is 5.87. The standard InChI is InChI=1S/C10H7ClN2S2/c11-6-1-2-7-8(5-6)15-10(14)13-4-3-12-9(7)13/h1-2,5H,3-4H2. The van der Waals surface area contributed by atoms with Crippen LogP contribution in [0.3, 0.4) is 0 Å². The molecular weight excluding hydrogens is 248 g/mol. The van der Waals surface area contributed by atoms with Crippen molar-refractivity contribution in [1.29, 1.82) is 0 Å². The number of hydrogen-bond acceptors (Lipinski definition) is 3. The van der Waals surface area contributed by atoms with Crippen LogP contribution in [-0.4, -0.2) is 28.1 Å². The van der Waals surface area contributed by atoms with Gasteiger partial charge in [0.05, 0.1) is 6.54 Å². The summed E-state index contributed by atoms with van der Waals surface area (Å²) in [5, 5.41) is 0.746. The van der Waals surface area contributed by atoms with Crippen molar-refractivity contribution in [2.45, 2.75) is 4.90 Å². The Morgan fingerprint density at radius 1 is 1.47 bits per heavy atom. The van der Waals surface area contributed by atoms with Gasteiger partial charge < -0.3 is 4.90 Å². The average molecular weight is 255 g/mol. The Hall–Kier alpha value is -0.580. The van der Waals surface area contributed by atoms with Crippen LogP contribution in [0, 0.1) is 0 Å². The number of nitrogens with zero attached hydrogens (tertiary/aromatic N) is 2. The van der Waals surface area contributed by atoms with E-state index >= 15 is 0 Å². The van der Waals surface area contributed by atoms with Gasteiger partial charge in [-0.3, -0.25) is 4.99 Å². The van der Waals surface area contributed by atoms with E-state index in [2.05, 4.69) is 9.89 Å². The van der Waals surface area contributed by atoms with Crippen LogP contribution in [0.5, 0.6) is 0 Å². The van der Waals surface area contributed by atoms with E-state index in [1.165, 1.54) is 0 Å². The Kier molecular flexibility index (Phi) is 2.23. The number of hydrogen-bond donors (Lipinski definition) is 0. The summed E-state index contributed by atoms with van der Waals surface area (Å²) >= 11 is 12.9. The zero-order chi connectivity index (χ0) is 10.4. The molecule has 5 heteroatoms. The smallest absolute Gasteiger partial charge is 0.146 e. The van der Waals surface area contributed by atoms with Gasteiger partial charge >= 0.3 is 0 Å². The van der Waals surface area contributed by atoms with Gasteiger partial charge in [0.25, 0.3) is 0 Å². The zero-order valence-electron chi connectivity index (χ0n) is 7.74. The third-order valence-corrected chi connectivity index (χ3v) is 4.10. The van der Waals surface area contributed by atoms with E-state index in [9.17, 15) is 0 Å². The summed E-state index contributed by atoms with van der Waals surface area (Å²) in [4.78, 5) is 7.69. The van der Waals surface area contributed by atoms with Crippen molar-refractivity contribution in [2.24, 2.45) is 4.99 Å². The number of rotatable bonds is 0. The minimum Gasteiger partial charge on any atom is -0.310 e. The highest BCUT2D eigenvalue weighted by molar-refractivity contribution is 8.23. The molecule has 2 heterocycles. The first-order chi connectivity index (χ1) is 7.25. The molecule has 0 spiro atoms. The minimum absolute atomic E-state index is 0.746. The molecule has 2 nitrogen and oxygen atoms in total. The van der Waals surface area contributed by atoms with Gasteiger partial charge in [-0.2, -0.15) is 0 Å². The van der Waals surface area contributed by atoms with E-state index in [0.717, 1.165) is 38.7 Å². The van der Waals surface area contributed by atoms with Crippen LogP contribution >= 0.6 is 35.6 Å². The number of aliphatic imine (C=N–C) groups is 1. The maximum atomic E-state index is 5.96. The van der Waals surface area contributed by atoms with E-state index < -0.39 is 0 Å². The van der Waals surface area contributed by atoms with Gasteiger partial charge in [0.15, 0.2) is 0 Å². The molecule has 15 heavy (non-hydrogen) atoms. The molecule has 0 unspecified atom stereocenters. The zero-order valence-corrected chi connectivity index (χ0v) is 10.1. The van der Waals surface area contributed by atoms with Gasteiger partial charge in [0.2, 0.25) is 0 Å². The first-order valence-corrected chi connectivity index (χ1v) is 6.20. The van der Waals surface area contributed by atoms with Gasteiger partial charge in [-0.05, 0) is 18.2 Å². The third kappa shape index (κ3) is 1.48. The topological polar surface area (TPSA) is 15.6 Å². The highest BCUT2D eigenvalue weighted by Crippen LogP contribution is 2.35. The predicted molar refractivity (Wildman–Crippen MR) is 68.0 cm³/mol. The van der Waals surface area contributed by atoms with Gasteiger partial charge in [0.1, 0.15) is 10.2 Å². The van der Waals surface area contributed by atoms with Crippen molar-refractivity contribution in [3.05, 3.63) is 28.8 Å². The van der Waals surface area contributed by atoms with Crippen LogP contribution in [0.25, 0.3) is 0 Å². The molecule has 3 rings (SSSR count). The first kappa shape index (κ1) is 9.63. The minimum atomic E-state index is 0.746. The third-order valence-electron chi connectivity index (χ3n) is 2.44. The van der Waals surface area contributed by atoms with E-state index in [4.69, 9.17) is 23.8 Å². The fourth-order valence-corrected chi connectivity index (χ4v) is 3.39. The van der Waals surface area contributed by atoms with Crippen LogP contribution in [-0.2, 0) is 0 Å². The number of fused-ring (bicyclic) bond motifs is 3. The Balaban J connectivity index is 2.19. The van der Waals surface area contributed by atoms with E-state index in [0.29, 0.717) is 0 Å². The van der Waals surface area contributed by atoms with Gasteiger partial charge in [-0.15, -0.1) is 0 Å². The maximum absolute atomic E-state index is 5.96. The van der Waals surface area contributed by atoms with Crippen molar-refractivity contribution in [3.8, 4) is 0 Å². The van der Waals surface area contributed by atoms with Crippen molar-refractivity contribution >= 4 is 45.7 Å². The molecule has 0 N–H and O–H groups in total. The van der Waals surface area contributed by atoms with E-state index in [1.807, 2.05) is 18.2 Å². The number of halogens is 1. The summed E-state index contributed by atoms with van der Waals surface area (Å²) in [6.07, 6.45) is 0. The van der Waals surface area contributed by atoms with Crippen molar-refractivity contribution in [3.63, 3.8) is 0 Å². The molecule has 0 aliphatic carbocycles. The lowest BCUT2D eigenvalue weighted by Gasteiger charge is -2.27. The van der Waals surface area contributed by atoms with Crippen LogP contribution in [0.2, 0.25) is 5.02 Å². The number of amidine groups is 1. The van der Waals surface area contributed by atoms with Crippen molar-refractivity contribution in [1.82, 2.24) is 4.90 Å². The molecule has 0 amide bonds. The first-order valence-electron chi connectivity index (χ1n) is 4.59. The molecule has 1 aromatic carbocycles. The molecule has 0 atom stereocenters. The fraction of sp³-hybridized carbons (Fsp3) is 0.200. The Labute approximate surface area is 102 Å². The Bertz CT molecular complexity index is 484. The largest absolute Gasteiger partial charge is 0.310 e. The molecular formula is C10H7ClN2S2. The summed E-state index contributed by atoms with van der Waals surface area (Å²) in [6.45, 7) is 1.74. The second-order valence-corrected chi connectivity index (χ2v) is 5.48. The molecule has 0 bridgehead atoms. The highest BCUT2D eigenvalue weighted by atomic mass is 35.5. The molecule has 0 fully saturated rings. The van der Waals surface area contributed by atoms with Gasteiger partial charge in [0, 0.05) is 22.0 Å². The molecule has 76 valence electrons. The summed E-state index contributed by atoms with van der Waals surface area (Å²) < 4.78 is 0.876. The number of benzene rings is 1. The number of thiocarbonyl (C=S) groups is 1. The number of thioether (sulfide) groups is 1. The molecule has 1 aromatic rings.